The molecule has 2 unspecified atom stereocenters. The largest absolute Gasteiger partial charge is 0.444 e. The van der Waals surface area contributed by atoms with Gasteiger partial charge in [0.05, 0.1) is 6.04 Å². The van der Waals surface area contributed by atoms with E-state index in [1.165, 1.54) is 0 Å². The molecule has 22 heavy (non-hydrogen) atoms. The predicted molar refractivity (Wildman–Crippen MR) is 86.0 cm³/mol. The Labute approximate surface area is 137 Å². The molecule has 2 aliphatic carbocycles. The highest BCUT2D eigenvalue weighted by Gasteiger charge is 2.43. The van der Waals surface area contributed by atoms with Crippen molar-refractivity contribution in [1.29, 1.82) is 0 Å². The van der Waals surface area contributed by atoms with E-state index < -0.39 is 5.60 Å². The molecule has 0 aromatic heterocycles. The normalized spacial score (nSPS) is 25.5. The molecule has 0 aromatic rings. The van der Waals surface area contributed by atoms with Crippen LogP contribution >= 0.6 is 11.6 Å². The molecule has 2 fully saturated rings. The second-order valence-electron chi connectivity index (χ2n) is 7.28. The molecule has 2 atom stereocenters. The second kappa shape index (κ2) is 7.07. The number of carbonyl (C=O) groups excluding carboxylic acids is 2. The third kappa shape index (κ3) is 4.77. The first-order valence-electron chi connectivity index (χ1n) is 8.18. The lowest BCUT2D eigenvalue weighted by Crippen LogP contribution is -2.56. The van der Waals surface area contributed by atoms with E-state index in [-0.39, 0.29) is 36.0 Å². The van der Waals surface area contributed by atoms with Crippen LogP contribution in [0.5, 0.6) is 0 Å². The highest BCUT2D eigenvalue weighted by Crippen LogP contribution is 2.35. The summed E-state index contributed by atoms with van der Waals surface area (Å²) in [5.74, 6) is -0.211. The van der Waals surface area contributed by atoms with E-state index in [0.717, 1.165) is 38.5 Å². The Balaban J connectivity index is 2.10. The highest BCUT2D eigenvalue weighted by molar-refractivity contribution is 6.27. The summed E-state index contributed by atoms with van der Waals surface area (Å²) < 4.78 is 5.58. The Morgan fingerprint density at radius 2 is 1.82 bits per heavy atom. The van der Waals surface area contributed by atoms with Crippen molar-refractivity contribution in [3.63, 3.8) is 0 Å². The molecule has 6 heteroatoms. The third-order valence-electron chi connectivity index (χ3n) is 4.10. The average molecular weight is 331 g/mol. The number of nitrogens with one attached hydrogen (secondary N) is 1. The number of rotatable bonds is 4. The molecule has 0 bridgehead atoms. The summed E-state index contributed by atoms with van der Waals surface area (Å²) in [5, 5.41) is 2.98. The molecule has 0 aliphatic heterocycles. The van der Waals surface area contributed by atoms with Crippen LogP contribution in [0.1, 0.15) is 59.3 Å². The van der Waals surface area contributed by atoms with Crippen LogP contribution in [0.25, 0.3) is 0 Å². The number of alkyl halides is 1. The van der Waals surface area contributed by atoms with Gasteiger partial charge in [-0.1, -0.05) is 12.8 Å². The maximum atomic E-state index is 12.6. The third-order valence-corrected chi connectivity index (χ3v) is 4.34. The van der Waals surface area contributed by atoms with Crippen molar-refractivity contribution in [2.45, 2.75) is 83.0 Å². The number of carbonyl (C=O) groups is 2. The lowest BCUT2D eigenvalue weighted by atomic mass is 9.89. The minimum Gasteiger partial charge on any atom is -0.444 e. The van der Waals surface area contributed by atoms with Gasteiger partial charge in [0.1, 0.15) is 11.5 Å². The topological polar surface area (TPSA) is 58.6 Å². The molecular weight excluding hydrogens is 304 g/mol. The number of hydrogen-bond donors (Lipinski definition) is 1. The molecule has 0 heterocycles. The fraction of sp³-hybridized carbons (Fsp3) is 0.875. The maximum Gasteiger partial charge on any atom is 0.410 e. The van der Waals surface area contributed by atoms with Gasteiger partial charge in [-0.2, -0.15) is 0 Å². The molecule has 5 nitrogen and oxygen atoms in total. The molecule has 2 amide bonds. The van der Waals surface area contributed by atoms with Crippen LogP contribution in [0.2, 0.25) is 0 Å². The Hall–Kier alpha value is -0.970. The fourth-order valence-corrected chi connectivity index (χ4v) is 3.16. The maximum absolute atomic E-state index is 12.6. The van der Waals surface area contributed by atoms with Gasteiger partial charge in [0, 0.05) is 12.1 Å². The molecule has 0 saturated heterocycles. The number of ether oxygens (including phenoxy) is 1. The Morgan fingerprint density at radius 3 is 2.36 bits per heavy atom. The van der Waals surface area contributed by atoms with Crippen LogP contribution in [-0.4, -0.2) is 46.5 Å². The van der Waals surface area contributed by atoms with Crippen molar-refractivity contribution in [2.24, 2.45) is 0 Å². The van der Waals surface area contributed by atoms with Gasteiger partial charge < -0.3 is 15.0 Å². The van der Waals surface area contributed by atoms with Crippen LogP contribution in [0.15, 0.2) is 0 Å². The van der Waals surface area contributed by atoms with Crippen LogP contribution in [-0.2, 0) is 9.53 Å². The molecule has 126 valence electrons. The quantitative estimate of drug-likeness (QED) is 0.806. The molecule has 0 spiro atoms. The Morgan fingerprint density at radius 1 is 1.18 bits per heavy atom. The van der Waals surface area contributed by atoms with Crippen molar-refractivity contribution < 1.29 is 14.3 Å². The van der Waals surface area contributed by atoms with Gasteiger partial charge in [-0.05, 0) is 46.5 Å². The summed E-state index contributed by atoms with van der Waals surface area (Å²) in [7, 11) is 0. The summed E-state index contributed by atoms with van der Waals surface area (Å²) in [4.78, 5) is 26.1. The molecule has 2 rings (SSSR count). The van der Waals surface area contributed by atoms with Crippen molar-refractivity contribution in [2.75, 3.05) is 5.88 Å². The summed E-state index contributed by atoms with van der Waals surface area (Å²) in [6.07, 6.45) is 5.72. The van der Waals surface area contributed by atoms with E-state index in [9.17, 15) is 9.59 Å². The first-order chi connectivity index (χ1) is 10.3. The number of nitrogens with zero attached hydrogens (tertiary/aromatic N) is 1. The predicted octanol–water partition coefficient (Wildman–Crippen LogP) is 3.05. The van der Waals surface area contributed by atoms with E-state index in [1.54, 1.807) is 0 Å². The molecule has 0 aromatic carbocycles. The van der Waals surface area contributed by atoms with Gasteiger partial charge in [0.25, 0.3) is 0 Å². The van der Waals surface area contributed by atoms with E-state index >= 15 is 0 Å². The van der Waals surface area contributed by atoms with Crippen LogP contribution in [0, 0.1) is 0 Å². The van der Waals surface area contributed by atoms with E-state index in [1.807, 2.05) is 25.7 Å². The zero-order valence-corrected chi connectivity index (χ0v) is 14.5. The molecule has 2 aliphatic rings. The van der Waals surface area contributed by atoms with Crippen LogP contribution < -0.4 is 5.32 Å². The minimum absolute atomic E-state index is 0.0169. The van der Waals surface area contributed by atoms with E-state index in [4.69, 9.17) is 16.3 Å². The average Bonchev–Trinajstić information content (AvgIpc) is 3.23. The molecule has 0 radical (unpaired) electrons. The molecule has 1 N–H and O–H groups in total. The van der Waals surface area contributed by atoms with Gasteiger partial charge in [-0.25, -0.2) is 4.79 Å². The summed E-state index contributed by atoms with van der Waals surface area (Å²) in [6, 6.07) is 0.254. The Kier molecular flexibility index (Phi) is 5.59. The zero-order valence-electron chi connectivity index (χ0n) is 13.7. The van der Waals surface area contributed by atoms with E-state index in [0.29, 0.717) is 0 Å². The number of hydrogen-bond acceptors (Lipinski definition) is 3. The zero-order chi connectivity index (χ0) is 16.3. The first-order valence-corrected chi connectivity index (χ1v) is 8.72. The number of halogens is 1. The summed E-state index contributed by atoms with van der Waals surface area (Å²) >= 11 is 5.61. The van der Waals surface area contributed by atoms with Crippen LogP contribution in [0.3, 0.4) is 0 Å². The summed E-state index contributed by atoms with van der Waals surface area (Å²) in [6.45, 7) is 5.64. The standard InChI is InChI=1S/C16H27ClN2O3/c1-16(2,3)22-15(21)19(11-8-9-11)13-7-5-4-6-12(13)18-14(20)10-17/h11-13H,4-10H2,1-3H3,(H,18,20). The van der Waals surface area contributed by atoms with Gasteiger partial charge in [0.15, 0.2) is 0 Å². The monoisotopic (exact) mass is 330 g/mol. The minimum atomic E-state index is -0.506. The second-order valence-corrected chi connectivity index (χ2v) is 7.55. The SMILES string of the molecule is CC(C)(C)OC(=O)N(C1CC1)C1CCCCC1NC(=O)CCl. The number of amides is 2. The molecule has 2 saturated carbocycles. The van der Waals surface area contributed by atoms with E-state index in [2.05, 4.69) is 5.32 Å². The van der Waals surface area contributed by atoms with Gasteiger partial charge in [-0.15, -0.1) is 11.6 Å². The van der Waals surface area contributed by atoms with Crippen molar-refractivity contribution in [1.82, 2.24) is 10.2 Å². The Bertz CT molecular complexity index is 418. The first kappa shape index (κ1) is 17.4. The summed E-state index contributed by atoms with van der Waals surface area (Å²) in [5.41, 5.74) is -0.506. The van der Waals surface area contributed by atoms with Crippen LogP contribution in [0.4, 0.5) is 4.79 Å². The van der Waals surface area contributed by atoms with Crippen molar-refractivity contribution >= 4 is 23.6 Å². The van der Waals surface area contributed by atoms with Gasteiger partial charge >= 0.3 is 6.09 Å². The van der Waals surface area contributed by atoms with Gasteiger partial charge in [-0.3, -0.25) is 4.79 Å². The fourth-order valence-electron chi connectivity index (χ4n) is 3.08. The lowest BCUT2D eigenvalue weighted by molar-refractivity contribution is -0.120. The smallest absolute Gasteiger partial charge is 0.410 e. The van der Waals surface area contributed by atoms with Crippen molar-refractivity contribution in [3.8, 4) is 0 Å². The van der Waals surface area contributed by atoms with Gasteiger partial charge in [0.2, 0.25) is 5.91 Å². The van der Waals surface area contributed by atoms with Crippen molar-refractivity contribution in [3.05, 3.63) is 0 Å². The molecular formula is C16H27ClN2O3. The highest BCUT2D eigenvalue weighted by atomic mass is 35.5. The lowest BCUT2D eigenvalue weighted by Gasteiger charge is -2.40.